The topological polar surface area (TPSA) is 82.8 Å². The Labute approximate surface area is 104 Å². The number of carbonyl (C=O) groups is 2. The maximum atomic E-state index is 12.0. The molecule has 0 spiro atoms. The number of aromatic nitrogens is 1. The van der Waals surface area contributed by atoms with Crippen molar-refractivity contribution in [3.8, 4) is 0 Å². The van der Waals surface area contributed by atoms with Crippen molar-refractivity contribution >= 4 is 11.9 Å². The van der Waals surface area contributed by atoms with Crippen molar-refractivity contribution in [3.05, 3.63) is 24.0 Å². The highest BCUT2D eigenvalue weighted by molar-refractivity contribution is 5.87. The third-order valence-electron chi connectivity index (χ3n) is 3.25. The highest BCUT2D eigenvalue weighted by Crippen LogP contribution is 2.16. The van der Waals surface area contributed by atoms with Crippen molar-refractivity contribution in [3.63, 3.8) is 0 Å². The SMILES string of the molecule is O=C(O)c1cccn1CC(=O)N1CCC(CO)C1. The van der Waals surface area contributed by atoms with Gasteiger partial charge in [-0.25, -0.2) is 4.79 Å². The van der Waals surface area contributed by atoms with Gasteiger partial charge in [0.1, 0.15) is 12.2 Å². The molecule has 0 aromatic carbocycles. The molecule has 1 aliphatic rings. The van der Waals surface area contributed by atoms with Gasteiger partial charge in [0.25, 0.3) is 0 Å². The predicted octanol–water partition coefficient (Wildman–Crippen LogP) is 0.0271. The lowest BCUT2D eigenvalue weighted by atomic mass is 10.1. The minimum absolute atomic E-state index is 0.0345. The molecular formula is C12H16N2O4. The van der Waals surface area contributed by atoms with Gasteiger partial charge in [-0.2, -0.15) is 0 Å². The highest BCUT2D eigenvalue weighted by Gasteiger charge is 2.26. The van der Waals surface area contributed by atoms with Crippen molar-refractivity contribution in [2.24, 2.45) is 5.92 Å². The lowest BCUT2D eigenvalue weighted by Crippen LogP contribution is -2.32. The molecule has 2 rings (SSSR count). The van der Waals surface area contributed by atoms with E-state index in [9.17, 15) is 9.59 Å². The summed E-state index contributed by atoms with van der Waals surface area (Å²) in [5.74, 6) is -0.996. The number of likely N-dealkylation sites (tertiary alicyclic amines) is 1. The lowest BCUT2D eigenvalue weighted by Gasteiger charge is -2.17. The first-order valence-corrected chi connectivity index (χ1v) is 5.89. The Bertz CT molecular complexity index is 455. The number of aliphatic hydroxyl groups excluding tert-OH is 1. The molecule has 6 nitrogen and oxygen atoms in total. The number of hydrogen-bond donors (Lipinski definition) is 2. The Kier molecular flexibility index (Phi) is 3.66. The monoisotopic (exact) mass is 252 g/mol. The zero-order valence-electron chi connectivity index (χ0n) is 9.95. The van der Waals surface area contributed by atoms with E-state index < -0.39 is 5.97 Å². The second kappa shape index (κ2) is 5.22. The van der Waals surface area contributed by atoms with Crippen LogP contribution in [-0.4, -0.2) is 51.3 Å². The summed E-state index contributed by atoms with van der Waals surface area (Å²) >= 11 is 0. The molecule has 1 fully saturated rings. The summed E-state index contributed by atoms with van der Waals surface area (Å²) < 4.78 is 1.43. The predicted molar refractivity (Wildman–Crippen MR) is 63.2 cm³/mol. The first kappa shape index (κ1) is 12.6. The van der Waals surface area contributed by atoms with Gasteiger partial charge in [0.05, 0.1) is 0 Å². The standard InChI is InChI=1S/C12H16N2O4/c15-8-9-3-5-14(6-9)11(16)7-13-4-1-2-10(13)12(17)18/h1-2,4,9,15H,3,5-8H2,(H,17,18). The first-order valence-electron chi connectivity index (χ1n) is 5.89. The van der Waals surface area contributed by atoms with Crippen molar-refractivity contribution < 1.29 is 19.8 Å². The molecule has 0 bridgehead atoms. The molecule has 1 atom stereocenters. The molecule has 0 aliphatic carbocycles. The summed E-state index contributed by atoms with van der Waals surface area (Å²) in [6.45, 7) is 1.31. The van der Waals surface area contributed by atoms with Gasteiger partial charge in [0.2, 0.25) is 5.91 Å². The summed E-state index contributed by atoms with van der Waals surface area (Å²) in [6.07, 6.45) is 2.39. The summed E-state index contributed by atoms with van der Waals surface area (Å²) in [6, 6.07) is 3.08. The van der Waals surface area contributed by atoms with Gasteiger partial charge >= 0.3 is 5.97 Å². The number of aromatic carboxylic acids is 1. The van der Waals surface area contributed by atoms with Crippen LogP contribution >= 0.6 is 0 Å². The van der Waals surface area contributed by atoms with Crippen LogP contribution in [0.2, 0.25) is 0 Å². The minimum Gasteiger partial charge on any atom is -0.477 e. The molecule has 1 aromatic rings. The van der Waals surface area contributed by atoms with E-state index in [0.717, 1.165) is 6.42 Å². The third kappa shape index (κ3) is 2.53. The number of carboxylic acid groups (broad SMARTS) is 1. The van der Waals surface area contributed by atoms with Crippen LogP contribution in [0.3, 0.4) is 0 Å². The summed E-state index contributed by atoms with van der Waals surface area (Å²) in [5, 5.41) is 18.0. The second-order valence-corrected chi connectivity index (χ2v) is 4.50. The highest BCUT2D eigenvalue weighted by atomic mass is 16.4. The Morgan fingerprint density at radius 3 is 2.83 bits per heavy atom. The van der Waals surface area contributed by atoms with Crippen LogP contribution in [0.4, 0.5) is 0 Å². The van der Waals surface area contributed by atoms with Gasteiger partial charge in [-0.3, -0.25) is 4.79 Å². The molecule has 1 aromatic heterocycles. The van der Waals surface area contributed by atoms with Gasteiger partial charge in [0.15, 0.2) is 0 Å². The zero-order chi connectivity index (χ0) is 13.1. The molecule has 2 N–H and O–H groups in total. The van der Waals surface area contributed by atoms with Crippen LogP contribution < -0.4 is 0 Å². The van der Waals surface area contributed by atoms with E-state index in [0.29, 0.717) is 13.1 Å². The van der Waals surface area contributed by atoms with E-state index in [4.69, 9.17) is 10.2 Å². The van der Waals surface area contributed by atoms with E-state index in [1.807, 2.05) is 0 Å². The molecule has 1 unspecified atom stereocenters. The van der Waals surface area contributed by atoms with E-state index in [2.05, 4.69) is 0 Å². The van der Waals surface area contributed by atoms with E-state index in [-0.39, 0.29) is 30.7 Å². The van der Waals surface area contributed by atoms with Crippen LogP contribution in [0, 0.1) is 5.92 Å². The van der Waals surface area contributed by atoms with Crippen molar-refractivity contribution in [1.82, 2.24) is 9.47 Å². The maximum absolute atomic E-state index is 12.0. The van der Waals surface area contributed by atoms with Crippen LogP contribution in [0.25, 0.3) is 0 Å². The molecular weight excluding hydrogens is 236 g/mol. The van der Waals surface area contributed by atoms with Crippen LogP contribution in [0.15, 0.2) is 18.3 Å². The van der Waals surface area contributed by atoms with Gasteiger partial charge in [0, 0.05) is 31.8 Å². The number of nitrogens with zero attached hydrogens (tertiary/aromatic N) is 2. The number of rotatable bonds is 4. The average molecular weight is 252 g/mol. The average Bonchev–Trinajstić information content (AvgIpc) is 2.96. The molecule has 18 heavy (non-hydrogen) atoms. The fraction of sp³-hybridized carbons (Fsp3) is 0.500. The fourth-order valence-electron chi connectivity index (χ4n) is 2.20. The fourth-order valence-corrected chi connectivity index (χ4v) is 2.20. The summed E-state index contributed by atoms with van der Waals surface area (Å²) in [7, 11) is 0. The number of carboxylic acids is 1. The Morgan fingerprint density at radius 1 is 1.44 bits per heavy atom. The minimum atomic E-state index is -1.04. The Morgan fingerprint density at radius 2 is 2.22 bits per heavy atom. The van der Waals surface area contributed by atoms with E-state index in [1.165, 1.54) is 10.6 Å². The molecule has 1 amide bonds. The number of hydrogen-bond acceptors (Lipinski definition) is 3. The van der Waals surface area contributed by atoms with Crippen molar-refractivity contribution in [1.29, 1.82) is 0 Å². The van der Waals surface area contributed by atoms with Crippen molar-refractivity contribution in [2.45, 2.75) is 13.0 Å². The van der Waals surface area contributed by atoms with Gasteiger partial charge in [-0.15, -0.1) is 0 Å². The first-order chi connectivity index (χ1) is 8.61. The van der Waals surface area contributed by atoms with E-state index in [1.54, 1.807) is 17.2 Å². The third-order valence-corrected chi connectivity index (χ3v) is 3.25. The number of carbonyl (C=O) groups excluding carboxylic acids is 1. The quantitative estimate of drug-likeness (QED) is 0.791. The number of amides is 1. The summed E-state index contributed by atoms with van der Waals surface area (Å²) in [4.78, 5) is 24.6. The Balaban J connectivity index is 1.99. The molecule has 2 heterocycles. The molecule has 6 heteroatoms. The molecule has 1 aliphatic heterocycles. The molecule has 0 saturated carbocycles. The number of aliphatic hydroxyl groups is 1. The molecule has 0 radical (unpaired) electrons. The lowest BCUT2D eigenvalue weighted by molar-refractivity contribution is -0.130. The van der Waals surface area contributed by atoms with Crippen LogP contribution in [-0.2, 0) is 11.3 Å². The largest absolute Gasteiger partial charge is 0.477 e. The normalized spacial score (nSPS) is 19.2. The zero-order valence-corrected chi connectivity index (χ0v) is 9.95. The van der Waals surface area contributed by atoms with Gasteiger partial charge < -0.3 is 19.7 Å². The van der Waals surface area contributed by atoms with Crippen molar-refractivity contribution in [2.75, 3.05) is 19.7 Å². The Hall–Kier alpha value is -1.82. The maximum Gasteiger partial charge on any atom is 0.352 e. The van der Waals surface area contributed by atoms with E-state index >= 15 is 0 Å². The molecule has 1 saturated heterocycles. The van der Waals surface area contributed by atoms with Crippen LogP contribution in [0.1, 0.15) is 16.9 Å². The molecule has 98 valence electrons. The van der Waals surface area contributed by atoms with Gasteiger partial charge in [-0.1, -0.05) is 0 Å². The van der Waals surface area contributed by atoms with Crippen LogP contribution in [0.5, 0.6) is 0 Å². The van der Waals surface area contributed by atoms with Gasteiger partial charge in [-0.05, 0) is 18.6 Å². The summed E-state index contributed by atoms with van der Waals surface area (Å²) in [5.41, 5.74) is 0.112. The smallest absolute Gasteiger partial charge is 0.352 e. The second-order valence-electron chi connectivity index (χ2n) is 4.50.